The molecule has 2 N–H and O–H groups in total. The van der Waals surface area contributed by atoms with E-state index in [1.165, 1.54) is 0 Å². The molecule has 0 aromatic carbocycles. The number of nitrogens with zero attached hydrogens (tertiary/aromatic N) is 1. The number of hydrogen-bond donors (Lipinski definition) is 1. The Kier molecular flexibility index (Phi) is 2.80. The summed E-state index contributed by atoms with van der Waals surface area (Å²) in [5.41, 5.74) is 5.42. The Bertz CT molecular complexity index is 204. The van der Waals surface area contributed by atoms with Gasteiger partial charge in [-0.25, -0.2) is 0 Å². The Labute approximate surface area is 73.7 Å². The Hall–Kier alpha value is -0.780. The lowest BCUT2D eigenvalue weighted by Crippen LogP contribution is -2.47. The van der Waals surface area contributed by atoms with Crippen LogP contribution in [-0.4, -0.2) is 36.1 Å². The van der Waals surface area contributed by atoms with E-state index in [9.17, 15) is 18.0 Å². The van der Waals surface area contributed by atoms with Crippen molar-refractivity contribution in [3.05, 3.63) is 0 Å². The molecule has 0 radical (unpaired) electrons. The van der Waals surface area contributed by atoms with Gasteiger partial charge in [-0.15, -0.1) is 0 Å². The molecule has 0 aromatic heterocycles. The van der Waals surface area contributed by atoms with Crippen LogP contribution in [0.4, 0.5) is 13.2 Å². The predicted molar refractivity (Wildman–Crippen MR) is 39.8 cm³/mol. The van der Waals surface area contributed by atoms with Gasteiger partial charge in [0.05, 0.1) is 0 Å². The van der Waals surface area contributed by atoms with Crippen molar-refractivity contribution in [2.75, 3.05) is 13.1 Å². The zero-order valence-electron chi connectivity index (χ0n) is 6.97. The fourth-order valence-electron chi connectivity index (χ4n) is 1.29. The number of amides is 1. The molecule has 1 fully saturated rings. The van der Waals surface area contributed by atoms with Gasteiger partial charge in [0, 0.05) is 19.0 Å². The topological polar surface area (TPSA) is 46.3 Å². The van der Waals surface area contributed by atoms with Gasteiger partial charge in [0.25, 0.3) is 0 Å². The van der Waals surface area contributed by atoms with Crippen LogP contribution in [0.3, 0.4) is 0 Å². The molecular formula is C7H11F3N2O. The monoisotopic (exact) mass is 196 g/mol. The molecule has 1 aliphatic heterocycles. The van der Waals surface area contributed by atoms with E-state index in [-0.39, 0.29) is 19.0 Å². The highest BCUT2D eigenvalue weighted by molar-refractivity contribution is 5.77. The Morgan fingerprint density at radius 1 is 1.54 bits per heavy atom. The van der Waals surface area contributed by atoms with Gasteiger partial charge in [0.1, 0.15) is 6.54 Å². The van der Waals surface area contributed by atoms with Gasteiger partial charge in [-0.1, -0.05) is 0 Å². The summed E-state index contributed by atoms with van der Waals surface area (Å²) >= 11 is 0. The molecule has 1 atom stereocenters. The van der Waals surface area contributed by atoms with Crippen molar-refractivity contribution in [3.63, 3.8) is 0 Å². The number of rotatable bonds is 1. The minimum absolute atomic E-state index is 0.0239. The Morgan fingerprint density at radius 2 is 2.15 bits per heavy atom. The van der Waals surface area contributed by atoms with Crippen molar-refractivity contribution in [1.82, 2.24) is 4.90 Å². The normalized spacial score (nSPS) is 25.1. The predicted octanol–water partition coefficient (Wildman–Crippen LogP) is 0.498. The Morgan fingerprint density at radius 3 is 2.62 bits per heavy atom. The SMILES string of the molecule is NC1CCN(CC(F)(F)F)C(=O)C1. The van der Waals surface area contributed by atoms with Crippen molar-refractivity contribution in [2.24, 2.45) is 5.73 Å². The van der Waals surface area contributed by atoms with Crippen LogP contribution in [0.5, 0.6) is 0 Å². The minimum atomic E-state index is -4.31. The number of hydrogen-bond acceptors (Lipinski definition) is 2. The fraction of sp³-hybridized carbons (Fsp3) is 0.857. The molecule has 3 nitrogen and oxygen atoms in total. The van der Waals surface area contributed by atoms with E-state index in [4.69, 9.17) is 5.73 Å². The van der Waals surface area contributed by atoms with Crippen molar-refractivity contribution in [2.45, 2.75) is 25.1 Å². The quantitative estimate of drug-likeness (QED) is 0.663. The number of nitrogens with two attached hydrogens (primary N) is 1. The molecule has 0 aliphatic carbocycles. The van der Waals surface area contributed by atoms with Gasteiger partial charge in [0.15, 0.2) is 0 Å². The van der Waals surface area contributed by atoms with Crippen LogP contribution in [0.25, 0.3) is 0 Å². The second-order valence-corrected chi connectivity index (χ2v) is 3.18. The van der Waals surface area contributed by atoms with Gasteiger partial charge in [-0.05, 0) is 6.42 Å². The summed E-state index contributed by atoms with van der Waals surface area (Å²) in [6.45, 7) is -1.04. The number of alkyl halides is 3. The summed E-state index contributed by atoms with van der Waals surface area (Å²) in [6.07, 6.45) is -3.84. The van der Waals surface area contributed by atoms with E-state index < -0.39 is 18.6 Å². The molecule has 0 spiro atoms. The molecule has 1 saturated heterocycles. The molecule has 13 heavy (non-hydrogen) atoms. The van der Waals surface area contributed by atoms with Crippen LogP contribution in [0.1, 0.15) is 12.8 Å². The van der Waals surface area contributed by atoms with Crippen LogP contribution in [0.15, 0.2) is 0 Å². The van der Waals surface area contributed by atoms with Crippen LogP contribution < -0.4 is 5.73 Å². The highest BCUT2D eigenvalue weighted by atomic mass is 19.4. The third-order valence-electron chi connectivity index (χ3n) is 1.93. The molecule has 1 heterocycles. The highest BCUT2D eigenvalue weighted by Gasteiger charge is 2.35. The molecule has 1 unspecified atom stereocenters. The van der Waals surface area contributed by atoms with E-state index in [1.54, 1.807) is 0 Å². The van der Waals surface area contributed by atoms with E-state index in [0.717, 1.165) is 4.90 Å². The summed E-state index contributed by atoms with van der Waals surface area (Å²) in [4.78, 5) is 11.8. The van der Waals surface area contributed by atoms with E-state index >= 15 is 0 Å². The van der Waals surface area contributed by atoms with Gasteiger partial charge in [0.2, 0.25) is 5.91 Å². The molecule has 6 heteroatoms. The summed E-state index contributed by atoms with van der Waals surface area (Å²) in [5.74, 6) is -0.504. The molecule has 1 amide bonds. The van der Waals surface area contributed by atoms with E-state index in [1.807, 2.05) is 0 Å². The third-order valence-corrected chi connectivity index (χ3v) is 1.93. The van der Waals surface area contributed by atoms with Gasteiger partial charge in [-0.2, -0.15) is 13.2 Å². The summed E-state index contributed by atoms with van der Waals surface area (Å²) in [5, 5.41) is 0. The number of carbonyl (C=O) groups is 1. The molecule has 1 rings (SSSR count). The van der Waals surface area contributed by atoms with E-state index in [0.29, 0.717) is 6.42 Å². The van der Waals surface area contributed by atoms with E-state index in [2.05, 4.69) is 0 Å². The first-order valence-electron chi connectivity index (χ1n) is 3.98. The average Bonchev–Trinajstić information content (AvgIpc) is 1.93. The first-order chi connectivity index (χ1) is 5.88. The van der Waals surface area contributed by atoms with Crippen molar-refractivity contribution in [3.8, 4) is 0 Å². The first-order valence-corrected chi connectivity index (χ1v) is 3.98. The Balaban J connectivity index is 2.48. The first kappa shape index (κ1) is 10.3. The molecular weight excluding hydrogens is 185 g/mol. The maximum atomic E-state index is 11.9. The maximum absolute atomic E-state index is 11.9. The van der Waals surface area contributed by atoms with Crippen LogP contribution in [-0.2, 0) is 4.79 Å². The third kappa shape index (κ3) is 3.22. The largest absolute Gasteiger partial charge is 0.406 e. The summed E-state index contributed by atoms with van der Waals surface area (Å²) < 4.78 is 35.7. The zero-order valence-corrected chi connectivity index (χ0v) is 6.97. The molecule has 0 aromatic rings. The van der Waals surface area contributed by atoms with Crippen LogP contribution in [0.2, 0.25) is 0 Å². The molecule has 0 bridgehead atoms. The van der Waals surface area contributed by atoms with Crippen LogP contribution in [0, 0.1) is 0 Å². The number of piperidine rings is 1. The smallest absolute Gasteiger partial charge is 0.333 e. The van der Waals surface area contributed by atoms with Crippen LogP contribution >= 0.6 is 0 Å². The lowest BCUT2D eigenvalue weighted by atomic mass is 10.1. The standard InChI is InChI=1S/C7H11F3N2O/c8-7(9,10)4-12-2-1-5(11)3-6(12)13/h5H,1-4,11H2. The lowest BCUT2D eigenvalue weighted by Gasteiger charge is -2.30. The highest BCUT2D eigenvalue weighted by Crippen LogP contribution is 2.19. The average molecular weight is 196 g/mol. The number of carbonyl (C=O) groups excluding carboxylic acids is 1. The number of halogens is 3. The van der Waals surface area contributed by atoms with Crippen molar-refractivity contribution < 1.29 is 18.0 Å². The van der Waals surface area contributed by atoms with Gasteiger partial charge >= 0.3 is 6.18 Å². The molecule has 0 saturated carbocycles. The minimum Gasteiger partial charge on any atom is -0.333 e. The second-order valence-electron chi connectivity index (χ2n) is 3.18. The second kappa shape index (κ2) is 3.53. The molecule has 76 valence electrons. The van der Waals surface area contributed by atoms with Crippen molar-refractivity contribution in [1.29, 1.82) is 0 Å². The van der Waals surface area contributed by atoms with Gasteiger partial charge in [-0.3, -0.25) is 4.79 Å². The zero-order chi connectivity index (χ0) is 10.1. The van der Waals surface area contributed by atoms with Gasteiger partial charge < -0.3 is 10.6 Å². The fourth-order valence-corrected chi connectivity index (χ4v) is 1.29. The maximum Gasteiger partial charge on any atom is 0.406 e. The molecule has 1 aliphatic rings. The van der Waals surface area contributed by atoms with Crippen molar-refractivity contribution >= 4 is 5.91 Å². The summed E-state index contributed by atoms with van der Waals surface area (Å²) in [7, 11) is 0. The number of likely N-dealkylation sites (tertiary alicyclic amines) is 1. The lowest BCUT2D eigenvalue weighted by molar-refractivity contribution is -0.163. The summed E-state index contributed by atoms with van der Waals surface area (Å²) in [6, 6.07) is -0.281.